The predicted molar refractivity (Wildman–Crippen MR) is 66.9 cm³/mol. The molecule has 0 radical (unpaired) electrons. The first-order valence-electron chi connectivity index (χ1n) is 5.93. The van der Waals surface area contributed by atoms with Gasteiger partial charge in [0.15, 0.2) is 0 Å². The third-order valence-corrected chi connectivity index (χ3v) is 3.22. The number of pyridine rings is 1. The molecule has 0 bridgehead atoms. The fourth-order valence-electron chi connectivity index (χ4n) is 2.25. The third kappa shape index (κ3) is 2.44. The Morgan fingerprint density at radius 2 is 2.00 bits per heavy atom. The number of rotatable bonds is 2. The Balaban J connectivity index is 2.04. The number of hydrogen-bond donors (Lipinski definition) is 2. The van der Waals surface area contributed by atoms with Crippen LogP contribution in [0, 0.1) is 0 Å². The first-order chi connectivity index (χ1) is 7.66. The molecule has 2 atom stereocenters. The van der Waals surface area contributed by atoms with Gasteiger partial charge in [0.25, 0.3) is 0 Å². The fourth-order valence-corrected chi connectivity index (χ4v) is 2.25. The van der Waals surface area contributed by atoms with Gasteiger partial charge in [0.05, 0.1) is 11.9 Å². The van der Waals surface area contributed by atoms with Gasteiger partial charge in [-0.15, -0.1) is 0 Å². The summed E-state index contributed by atoms with van der Waals surface area (Å²) in [5.41, 5.74) is 9.68. The summed E-state index contributed by atoms with van der Waals surface area (Å²) in [6, 6.07) is 4.91. The molecule has 4 nitrogen and oxygen atoms in total. The van der Waals surface area contributed by atoms with E-state index in [4.69, 9.17) is 5.73 Å². The van der Waals surface area contributed by atoms with E-state index in [1.54, 1.807) is 6.20 Å². The lowest BCUT2D eigenvalue weighted by atomic mass is 10.00. The highest BCUT2D eigenvalue weighted by Gasteiger charge is 2.24. The lowest BCUT2D eigenvalue weighted by Crippen LogP contribution is -2.47. The van der Waals surface area contributed by atoms with Crippen molar-refractivity contribution in [2.24, 2.45) is 0 Å². The molecule has 1 fully saturated rings. The van der Waals surface area contributed by atoms with Crippen LogP contribution in [-0.2, 0) is 0 Å². The average Bonchev–Trinajstić information content (AvgIpc) is 2.26. The van der Waals surface area contributed by atoms with Crippen LogP contribution in [0.2, 0.25) is 0 Å². The molecule has 4 heteroatoms. The Kier molecular flexibility index (Phi) is 3.29. The number of nitrogens with two attached hydrogens (primary N) is 1. The monoisotopic (exact) mass is 220 g/mol. The van der Waals surface area contributed by atoms with Crippen LogP contribution in [0.4, 0.5) is 11.5 Å². The summed E-state index contributed by atoms with van der Waals surface area (Å²) in [6.45, 7) is 4.50. The second-order valence-electron chi connectivity index (χ2n) is 4.62. The van der Waals surface area contributed by atoms with Gasteiger partial charge in [0, 0.05) is 12.1 Å². The van der Waals surface area contributed by atoms with Crippen LogP contribution < -0.4 is 11.2 Å². The summed E-state index contributed by atoms with van der Waals surface area (Å²) in [6.07, 6.45) is 5.48. The van der Waals surface area contributed by atoms with Gasteiger partial charge in [-0.25, -0.2) is 9.99 Å². The molecule has 0 amide bonds. The average molecular weight is 220 g/mol. The highest BCUT2D eigenvalue weighted by atomic mass is 15.5. The number of hydrogen-bond acceptors (Lipinski definition) is 4. The highest BCUT2D eigenvalue weighted by molar-refractivity contribution is 5.43. The van der Waals surface area contributed by atoms with Gasteiger partial charge in [-0.05, 0) is 38.8 Å². The molecule has 0 aliphatic carbocycles. The van der Waals surface area contributed by atoms with E-state index in [0.717, 1.165) is 5.82 Å². The minimum atomic E-state index is 0.558. The topological polar surface area (TPSA) is 54.2 Å². The van der Waals surface area contributed by atoms with Crippen LogP contribution in [-0.4, -0.2) is 22.1 Å². The Bertz CT molecular complexity index is 325. The van der Waals surface area contributed by atoms with Crippen molar-refractivity contribution < 1.29 is 0 Å². The molecule has 2 heterocycles. The Morgan fingerprint density at radius 3 is 2.56 bits per heavy atom. The van der Waals surface area contributed by atoms with Crippen molar-refractivity contribution in [3.8, 4) is 0 Å². The van der Waals surface area contributed by atoms with Gasteiger partial charge in [0.2, 0.25) is 0 Å². The van der Waals surface area contributed by atoms with E-state index in [0.29, 0.717) is 17.8 Å². The van der Waals surface area contributed by atoms with Gasteiger partial charge in [-0.1, -0.05) is 6.42 Å². The SMILES string of the molecule is CC1CCCC(C)N1Nc1ccc(N)cn1. The second-order valence-corrected chi connectivity index (χ2v) is 4.62. The molecule has 0 saturated carbocycles. The standard InChI is InChI=1S/C12H20N4/c1-9-4-3-5-10(2)16(9)15-12-7-6-11(13)8-14-12/h6-10H,3-5,13H2,1-2H3,(H,14,15). The van der Waals surface area contributed by atoms with Crippen molar-refractivity contribution in [1.82, 2.24) is 9.99 Å². The Labute approximate surface area is 96.8 Å². The molecule has 1 saturated heterocycles. The lowest BCUT2D eigenvalue weighted by molar-refractivity contribution is 0.135. The van der Waals surface area contributed by atoms with E-state index in [1.807, 2.05) is 12.1 Å². The molecular formula is C12H20N4. The molecule has 3 N–H and O–H groups in total. The van der Waals surface area contributed by atoms with Crippen molar-refractivity contribution in [3.05, 3.63) is 18.3 Å². The zero-order chi connectivity index (χ0) is 11.5. The number of nitrogens with one attached hydrogen (secondary N) is 1. The van der Waals surface area contributed by atoms with Crippen LogP contribution in [0.3, 0.4) is 0 Å². The van der Waals surface area contributed by atoms with Crippen molar-refractivity contribution >= 4 is 11.5 Å². The fraction of sp³-hybridized carbons (Fsp3) is 0.583. The highest BCUT2D eigenvalue weighted by Crippen LogP contribution is 2.22. The molecular weight excluding hydrogens is 200 g/mol. The molecule has 1 aliphatic heterocycles. The largest absolute Gasteiger partial charge is 0.397 e. The molecule has 1 aliphatic rings. The number of aromatic nitrogens is 1. The van der Waals surface area contributed by atoms with Crippen molar-refractivity contribution in [2.45, 2.75) is 45.2 Å². The van der Waals surface area contributed by atoms with Crippen LogP contribution in [0.5, 0.6) is 0 Å². The quantitative estimate of drug-likeness (QED) is 0.802. The van der Waals surface area contributed by atoms with Gasteiger partial charge < -0.3 is 11.2 Å². The molecule has 2 unspecified atom stereocenters. The van der Waals surface area contributed by atoms with Crippen LogP contribution in [0.25, 0.3) is 0 Å². The summed E-state index contributed by atoms with van der Waals surface area (Å²) in [7, 11) is 0. The first kappa shape index (κ1) is 11.2. The summed E-state index contributed by atoms with van der Waals surface area (Å²) < 4.78 is 0. The summed E-state index contributed by atoms with van der Waals surface area (Å²) in [5.74, 6) is 0.870. The number of piperidine rings is 1. The van der Waals surface area contributed by atoms with E-state index in [-0.39, 0.29) is 0 Å². The number of nitrogens with zero attached hydrogens (tertiary/aromatic N) is 2. The zero-order valence-electron chi connectivity index (χ0n) is 9.98. The Morgan fingerprint density at radius 1 is 1.31 bits per heavy atom. The number of hydrazine groups is 1. The van der Waals surface area contributed by atoms with Crippen LogP contribution in [0.1, 0.15) is 33.1 Å². The lowest BCUT2D eigenvalue weighted by Gasteiger charge is -2.39. The van der Waals surface area contributed by atoms with Gasteiger partial charge in [0.1, 0.15) is 5.82 Å². The second kappa shape index (κ2) is 4.70. The molecule has 0 aromatic carbocycles. The molecule has 88 valence electrons. The number of anilines is 2. The molecule has 1 aromatic heterocycles. The normalized spacial score (nSPS) is 26.6. The van der Waals surface area contributed by atoms with Crippen molar-refractivity contribution in [1.29, 1.82) is 0 Å². The zero-order valence-corrected chi connectivity index (χ0v) is 9.98. The first-order valence-corrected chi connectivity index (χ1v) is 5.93. The summed E-state index contributed by atoms with van der Waals surface area (Å²) in [4.78, 5) is 4.26. The van der Waals surface area contributed by atoms with E-state index in [1.165, 1.54) is 19.3 Å². The van der Waals surface area contributed by atoms with E-state index < -0.39 is 0 Å². The van der Waals surface area contributed by atoms with Crippen molar-refractivity contribution in [3.63, 3.8) is 0 Å². The predicted octanol–water partition coefficient (Wildman–Crippen LogP) is 2.25. The van der Waals surface area contributed by atoms with E-state index >= 15 is 0 Å². The maximum Gasteiger partial charge on any atom is 0.140 e. The molecule has 1 aromatic rings. The van der Waals surface area contributed by atoms with Gasteiger partial charge in [-0.2, -0.15) is 0 Å². The minimum Gasteiger partial charge on any atom is -0.397 e. The summed E-state index contributed by atoms with van der Waals surface area (Å²) in [5, 5.41) is 2.29. The minimum absolute atomic E-state index is 0.558. The van der Waals surface area contributed by atoms with E-state index in [9.17, 15) is 0 Å². The molecule has 2 rings (SSSR count). The molecule has 0 spiro atoms. The smallest absolute Gasteiger partial charge is 0.140 e. The Hall–Kier alpha value is -1.29. The van der Waals surface area contributed by atoms with Crippen molar-refractivity contribution in [2.75, 3.05) is 11.2 Å². The third-order valence-electron chi connectivity index (χ3n) is 3.22. The van der Waals surface area contributed by atoms with E-state index in [2.05, 4.69) is 29.3 Å². The van der Waals surface area contributed by atoms with Gasteiger partial charge >= 0.3 is 0 Å². The van der Waals surface area contributed by atoms with Crippen LogP contribution in [0.15, 0.2) is 18.3 Å². The van der Waals surface area contributed by atoms with Gasteiger partial charge in [-0.3, -0.25) is 0 Å². The maximum atomic E-state index is 5.61. The summed E-state index contributed by atoms with van der Waals surface area (Å²) >= 11 is 0. The van der Waals surface area contributed by atoms with Crippen LogP contribution >= 0.6 is 0 Å². The molecule has 16 heavy (non-hydrogen) atoms. The maximum absolute atomic E-state index is 5.61. The number of nitrogen functional groups attached to an aromatic ring is 1.